The van der Waals surface area contributed by atoms with Crippen LogP contribution in [0.5, 0.6) is 5.75 Å². The fourth-order valence-electron chi connectivity index (χ4n) is 2.50. The van der Waals surface area contributed by atoms with Crippen molar-refractivity contribution in [2.75, 3.05) is 23.3 Å². The first kappa shape index (κ1) is 15.7. The Balaban J connectivity index is 1.51. The van der Waals surface area contributed by atoms with E-state index in [4.69, 9.17) is 15.9 Å². The number of phenolic OH excluding ortho intramolecular Hbond substituents is 1. The number of rotatable bonds is 5. The first-order valence-corrected chi connectivity index (χ1v) is 7.85. The molecule has 0 saturated heterocycles. The van der Waals surface area contributed by atoms with E-state index in [1.54, 1.807) is 24.3 Å². The van der Waals surface area contributed by atoms with Gasteiger partial charge in [-0.05, 0) is 30.2 Å². The summed E-state index contributed by atoms with van der Waals surface area (Å²) in [6.07, 6.45) is 2.10. The predicted octanol–water partition coefficient (Wildman–Crippen LogP) is 1.30. The van der Waals surface area contributed by atoms with E-state index in [0.717, 1.165) is 5.56 Å². The Kier molecular flexibility index (Phi) is 3.77. The molecule has 0 bridgehead atoms. The van der Waals surface area contributed by atoms with E-state index >= 15 is 0 Å². The molecule has 6 N–H and O–H groups in total. The number of furan rings is 1. The molecule has 4 aromatic rings. The van der Waals surface area contributed by atoms with Crippen LogP contribution in [0.4, 0.5) is 17.6 Å². The average molecular weight is 352 g/mol. The standard InChI is InChI=1S/C16H16N8O2/c17-10-4-3-9(11(25)8-10)5-6-19-15-21-14(18)24-16(22-15)20-13(23-24)12-2-1-7-26-12/h1-4,7-8,25H,5-6,17H2,(H3,18,19,20,21,22,23). The number of phenols is 1. The van der Waals surface area contributed by atoms with Gasteiger partial charge in [0, 0.05) is 18.3 Å². The number of nitrogens with two attached hydrogens (primary N) is 2. The van der Waals surface area contributed by atoms with E-state index in [-0.39, 0.29) is 11.7 Å². The summed E-state index contributed by atoms with van der Waals surface area (Å²) in [7, 11) is 0. The minimum Gasteiger partial charge on any atom is -0.508 e. The monoisotopic (exact) mass is 352 g/mol. The normalized spacial score (nSPS) is 11.1. The van der Waals surface area contributed by atoms with Gasteiger partial charge in [-0.25, -0.2) is 0 Å². The molecule has 0 spiro atoms. The number of hydrogen-bond acceptors (Lipinski definition) is 9. The maximum Gasteiger partial charge on any atom is 0.259 e. The lowest BCUT2D eigenvalue weighted by Crippen LogP contribution is -2.12. The van der Waals surface area contributed by atoms with Crippen molar-refractivity contribution in [3.05, 3.63) is 42.2 Å². The third kappa shape index (κ3) is 2.95. The molecule has 3 aromatic heterocycles. The lowest BCUT2D eigenvalue weighted by Gasteiger charge is -2.07. The Morgan fingerprint density at radius 2 is 2.04 bits per heavy atom. The summed E-state index contributed by atoms with van der Waals surface area (Å²) in [4.78, 5) is 12.8. The zero-order valence-corrected chi connectivity index (χ0v) is 13.6. The second-order valence-corrected chi connectivity index (χ2v) is 5.59. The van der Waals surface area contributed by atoms with E-state index in [0.29, 0.717) is 42.0 Å². The van der Waals surface area contributed by atoms with Crippen molar-refractivity contribution in [1.82, 2.24) is 24.6 Å². The molecule has 10 nitrogen and oxygen atoms in total. The molecule has 1 aromatic carbocycles. The van der Waals surface area contributed by atoms with Crippen molar-refractivity contribution < 1.29 is 9.52 Å². The first-order valence-electron chi connectivity index (χ1n) is 7.85. The number of aromatic nitrogens is 5. The number of hydrogen-bond donors (Lipinski definition) is 4. The molecular formula is C16H16N8O2. The van der Waals surface area contributed by atoms with Gasteiger partial charge in [0.1, 0.15) is 5.75 Å². The Morgan fingerprint density at radius 3 is 2.81 bits per heavy atom. The minimum absolute atomic E-state index is 0.151. The minimum atomic E-state index is 0.151. The molecule has 10 heteroatoms. The maximum absolute atomic E-state index is 9.88. The molecule has 0 atom stereocenters. The zero-order valence-electron chi connectivity index (χ0n) is 13.6. The molecule has 0 saturated carbocycles. The van der Waals surface area contributed by atoms with Gasteiger partial charge in [-0.2, -0.15) is 19.5 Å². The summed E-state index contributed by atoms with van der Waals surface area (Å²) in [5.41, 5.74) is 12.8. The van der Waals surface area contributed by atoms with Crippen LogP contribution in [-0.4, -0.2) is 36.2 Å². The highest BCUT2D eigenvalue weighted by atomic mass is 16.3. The molecule has 4 rings (SSSR count). The van der Waals surface area contributed by atoms with Crippen LogP contribution in [0, 0.1) is 0 Å². The zero-order chi connectivity index (χ0) is 18.1. The smallest absolute Gasteiger partial charge is 0.259 e. The number of benzene rings is 1. The molecule has 0 aliphatic carbocycles. The van der Waals surface area contributed by atoms with Gasteiger partial charge < -0.3 is 26.3 Å². The van der Waals surface area contributed by atoms with Crippen molar-refractivity contribution in [2.24, 2.45) is 0 Å². The molecule has 0 radical (unpaired) electrons. The molecule has 0 fully saturated rings. The molecule has 0 aliphatic heterocycles. The highest BCUT2D eigenvalue weighted by molar-refractivity contribution is 5.53. The molecule has 26 heavy (non-hydrogen) atoms. The fraction of sp³-hybridized carbons (Fsp3) is 0.125. The van der Waals surface area contributed by atoms with E-state index in [9.17, 15) is 5.11 Å². The largest absolute Gasteiger partial charge is 0.508 e. The number of fused-ring (bicyclic) bond motifs is 1. The van der Waals surface area contributed by atoms with Crippen LogP contribution in [0.3, 0.4) is 0 Å². The molecule has 0 amide bonds. The summed E-state index contributed by atoms with van der Waals surface area (Å²) in [6.45, 7) is 0.492. The number of nitrogen functional groups attached to an aromatic ring is 2. The van der Waals surface area contributed by atoms with Crippen LogP contribution in [0.15, 0.2) is 41.0 Å². The van der Waals surface area contributed by atoms with Gasteiger partial charge >= 0.3 is 0 Å². The van der Waals surface area contributed by atoms with Gasteiger partial charge in [-0.1, -0.05) is 6.07 Å². The van der Waals surface area contributed by atoms with Crippen LogP contribution >= 0.6 is 0 Å². The predicted molar refractivity (Wildman–Crippen MR) is 95.4 cm³/mol. The molecule has 0 unspecified atom stereocenters. The second kappa shape index (κ2) is 6.24. The topological polar surface area (TPSA) is 153 Å². The Hall–Kier alpha value is -3.82. The van der Waals surface area contributed by atoms with Crippen molar-refractivity contribution in [3.63, 3.8) is 0 Å². The summed E-state index contributed by atoms with van der Waals surface area (Å²) in [6, 6.07) is 8.52. The molecular weight excluding hydrogens is 336 g/mol. The van der Waals surface area contributed by atoms with Gasteiger partial charge in [0.2, 0.25) is 17.7 Å². The summed E-state index contributed by atoms with van der Waals surface area (Å²) in [5.74, 6) is 1.83. The van der Waals surface area contributed by atoms with Crippen molar-refractivity contribution in [3.8, 4) is 17.3 Å². The summed E-state index contributed by atoms with van der Waals surface area (Å²) in [5, 5.41) is 17.2. The van der Waals surface area contributed by atoms with Crippen LogP contribution in [-0.2, 0) is 6.42 Å². The van der Waals surface area contributed by atoms with Crippen LogP contribution < -0.4 is 16.8 Å². The number of aromatic hydroxyl groups is 1. The summed E-state index contributed by atoms with van der Waals surface area (Å²) < 4.78 is 6.62. The molecule has 3 heterocycles. The van der Waals surface area contributed by atoms with Crippen LogP contribution in [0.2, 0.25) is 0 Å². The maximum atomic E-state index is 9.88. The van der Waals surface area contributed by atoms with Gasteiger partial charge in [0.25, 0.3) is 5.78 Å². The Labute approximate surface area is 147 Å². The number of anilines is 3. The van der Waals surface area contributed by atoms with E-state index < -0.39 is 0 Å². The highest BCUT2D eigenvalue weighted by Gasteiger charge is 2.13. The van der Waals surface area contributed by atoms with Crippen LogP contribution in [0.25, 0.3) is 17.4 Å². The third-order valence-electron chi connectivity index (χ3n) is 3.76. The average Bonchev–Trinajstić information content (AvgIpc) is 3.26. The number of nitrogens with one attached hydrogen (secondary N) is 1. The fourth-order valence-corrected chi connectivity index (χ4v) is 2.50. The molecule has 132 valence electrons. The van der Waals surface area contributed by atoms with Crippen molar-refractivity contribution in [2.45, 2.75) is 6.42 Å². The van der Waals surface area contributed by atoms with E-state index in [2.05, 4.69) is 25.4 Å². The first-order chi connectivity index (χ1) is 12.6. The Morgan fingerprint density at radius 1 is 1.15 bits per heavy atom. The van der Waals surface area contributed by atoms with Gasteiger partial charge in [0.05, 0.1) is 6.26 Å². The lowest BCUT2D eigenvalue weighted by molar-refractivity contribution is 0.469. The summed E-state index contributed by atoms with van der Waals surface area (Å²) >= 11 is 0. The van der Waals surface area contributed by atoms with Gasteiger partial charge in [0.15, 0.2) is 5.76 Å². The third-order valence-corrected chi connectivity index (χ3v) is 3.76. The highest BCUT2D eigenvalue weighted by Crippen LogP contribution is 2.21. The van der Waals surface area contributed by atoms with Gasteiger partial charge in [-0.15, -0.1) is 5.10 Å². The Bertz CT molecular complexity index is 1060. The van der Waals surface area contributed by atoms with Gasteiger partial charge in [-0.3, -0.25) is 0 Å². The van der Waals surface area contributed by atoms with Crippen molar-refractivity contribution in [1.29, 1.82) is 0 Å². The molecule has 0 aliphatic rings. The SMILES string of the molecule is Nc1ccc(CCNc2nc(N)n3nc(-c4ccco4)nc3n2)c(O)c1. The van der Waals surface area contributed by atoms with E-state index in [1.165, 1.54) is 16.8 Å². The van der Waals surface area contributed by atoms with Crippen LogP contribution in [0.1, 0.15) is 5.56 Å². The second-order valence-electron chi connectivity index (χ2n) is 5.59. The van der Waals surface area contributed by atoms with E-state index in [1.807, 2.05) is 0 Å². The lowest BCUT2D eigenvalue weighted by atomic mass is 10.1. The quantitative estimate of drug-likeness (QED) is 0.389. The number of nitrogens with zero attached hydrogens (tertiary/aromatic N) is 5. The van der Waals surface area contributed by atoms with Crippen molar-refractivity contribution >= 4 is 23.4 Å².